The molecule has 2 aromatic carbocycles. The molecule has 0 unspecified atom stereocenters. The molecule has 0 saturated carbocycles. The summed E-state index contributed by atoms with van der Waals surface area (Å²) in [6.07, 6.45) is 0. The Hall–Kier alpha value is -3.52. The maximum atomic E-state index is 12.9. The lowest BCUT2D eigenvalue weighted by Crippen LogP contribution is -2.51. The third-order valence-corrected chi connectivity index (χ3v) is 5.96. The number of hydrogen-bond donors (Lipinski definition) is 2. The number of hydrogen-bond acceptors (Lipinski definition) is 6. The lowest BCUT2D eigenvalue weighted by atomic mass is 9.95. The van der Waals surface area contributed by atoms with E-state index in [4.69, 9.17) is 9.47 Å². The van der Waals surface area contributed by atoms with Crippen LogP contribution in [0.3, 0.4) is 0 Å². The molecule has 2 aliphatic heterocycles. The minimum absolute atomic E-state index is 0.267. The van der Waals surface area contributed by atoms with Crippen molar-refractivity contribution in [2.75, 3.05) is 51.3 Å². The first-order valence-electron chi connectivity index (χ1n) is 11.2. The Morgan fingerprint density at radius 2 is 1.73 bits per heavy atom. The van der Waals surface area contributed by atoms with Crippen molar-refractivity contribution in [1.29, 1.82) is 0 Å². The quantitative estimate of drug-likeness (QED) is 0.631. The predicted molar refractivity (Wildman–Crippen MR) is 126 cm³/mol. The highest BCUT2D eigenvalue weighted by atomic mass is 16.5. The molecule has 0 aliphatic carbocycles. The summed E-state index contributed by atoms with van der Waals surface area (Å²) in [6.45, 7) is 5.72. The van der Waals surface area contributed by atoms with Gasteiger partial charge in [-0.2, -0.15) is 0 Å². The second-order valence-electron chi connectivity index (χ2n) is 7.99. The van der Waals surface area contributed by atoms with Crippen LogP contribution in [0.25, 0.3) is 0 Å². The van der Waals surface area contributed by atoms with E-state index in [1.807, 2.05) is 48.5 Å². The van der Waals surface area contributed by atoms with Crippen LogP contribution in [0.15, 0.2) is 65.9 Å². The van der Waals surface area contributed by atoms with Crippen molar-refractivity contribution in [1.82, 2.24) is 15.5 Å². The van der Waals surface area contributed by atoms with Crippen LogP contribution >= 0.6 is 0 Å². The molecule has 0 aromatic heterocycles. The monoisotopic (exact) mass is 450 g/mol. The smallest absolute Gasteiger partial charge is 0.338 e. The Kier molecular flexibility index (Phi) is 7.14. The first kappa shape index (κ1) is 22.7. The lowest BCUT2D eigenvalue weighted by Gasteiger charge is -2.38. The Morgan fingerprint density at radius 1 is 1.03 bits per heavy atom. The second-order valence-corrected chi connectivity index (χ2v) is 7.99. The van der Waals surface area contributed by atoms with Crippen LogP contribution in [0, 0.1) is 0 Å². The number of amides is 2. The number of para-hydroxylation sites is 2. The van der Waals surface area contributed by atoms with Gasteiger partial charge in [0.15, 0.2) is 0 Å². The minimum atomic E-state index is -0.552. The first-order valence-corrected chi connectivity index (χ1v) is 11.2. The van der Waals surface area contributed by atoms with Crippen molar-refractivity contribution in [2.45, 2.75) is 13.0 Å². The van der Waals surface area contributed by atoms with Gasteiger partial charge in [-0.25, -0.2) is 9.59 Å². The second kappa shape index (κ2) is 10.4. The van der Waals surface area contributed by atoms with Crippen LogP contribution < -0.4 is 20.3 Å². The largest absolute Gasteiger partial charge is 0.495 e. The summed E-state index contributed by atoms with van der Waals surface area (Å²) in [4.78, 5) is 30.0. The zero-order valence-electron chi connectivity index (χ0n) is 19.0. The number of methoxy groups -OCH3 is 1. The lowest BCUT2D eigenvalue weighted by molar-refractivity contribution is -0.139. The van der Waals surface area contributed by atoms with Gasteiger partial charge in [-0.3, -0.25) is 4.90 Å². The average Bonchev–Trinajstić information content (AvgIpc) is 2.85. The van der Waals surface area contributed by atoms with E-state index in [0.717, 1.165) is 43.2 Å². The van der Waals surface area contributed by atoms with E-state index >= 15 is 0 Å². The molecule has 2 aromatic rings. The summed E-state index contributed by atoms with van der Waals surface area (Å²) in [6, 6.07) is 16.6. The molecule has 0 radical (unpaired) electrons. The number of nitrogens with zero attached hydrogens (tertiary/aromatic N) is 2. The van der Waals surface area contributed by atoms with E-state index in [-0.39, 0.29) is 12.6 Å². The number of benzene rings is 2. The van der Waals surface area contributed by atoms with Crippen molar-refractivity contribution in [3.63, 3.8) is 0 Å². The number of rotatable bonds is 7. The molecule has 2 aliphatic rings. The van der Waals surface area contributed by atoms with Gasteiger partial charge in [0.25, 0.3) is 0 Å². The van der Waals surface area contributed by atoms with Gasteiger partial charge in [0.2, 0.25) is 0 Å². The Morgan fingerprint density at radius 3 is 2.42 bits per heavy atom. The molecule has 2 heterocycles. The summed E-state index contributed by atoms with van der Waals surface area (Å²) < 4.78 is 10.9. The van der Waals surface area contributed by atoms with Gasteiger partial charge < -0.3 is 25.0 Å². The fourth-order valence-corrected chi connectivity index (χ4v) is 4.35. The molecule has 1 atom stereocenters. The zero-order chi connectivity index (χ0) is 23.2. The van der Waals surface area contributed by atoms with E-state index < -0.39 is 12.0 Å². The molecule has 8 heteroatoms. The number of carbonyl (C=O) groups excluding carboxylic acids is 2. The van der Waals surface area contributed by atoms with E-state index in [2.05, 4.69) is 26.5 Å². The van der Waals surface area contributed by atoms with Gasteiger partial charge in [0.1, 0.15) is 5.75 Å². The molecule has 1 fully saturated rings. The molecule has 33 heavy (non-hydrogen) atoms. The van der Waals surface area contributed by atoms with Crippen LogP contribution in [0.5, 0.6) is 5.75 Å². The van der Waals surface area contributed by atoms with Gasteiger partial charge in [-0.15, -0.1) is 0 Å². The fourth-order valence-electron chi connectivity index (χ4n) is 4.35. The number of nitrogens with one attached hydrogen (secondary N) is 2. The van der Waals surface area contributed by atoms with E-state index in [9.17, 15) is 9.59 Å². The fraction of sp³-hybridized carbons (Fsp3) is 0.360. The van der Waals surface area contributed by atoms with Crippen LogP contribution in [0.4, 0.5) is 10.5 Å². The number of esters is 1. The molecule has 0 spiro atoms. The van der Waals surface area contributed by atoms with Crippen molar-refractivity contribution in [3.8, 4) is 5.75 Å². The summed E-state index contributed by atoms with van der Waals surface area (Å²) in [5.41, 5.74) is 2.96. The molecule has 2 N–H and O–H groups in total. The van der Waals surface area contributed by atoms with Crippen LogP contribution in [0.1, 0.15) is 18.5 Å². The normalized spacial score (nSPS) is 19.0. The maximum Gasteiger partial charge on any atom is 0.338 e. The van der Waals surface area contributed by atoms with Crippen molar-refractivity contribution < 1.29 is 19.1 Å². The molecule has 0 bridgehead atoms. The minimum Gasteiger partial charge on any atom is -0.495 e. The summed E-state index contributed by atoms with van der Waals surface area (Å²) in [7, 11) is 1.68. The number of ether oxygens (including phenoxy) is 2. The first-order chi connectivity index (χ1) is 16.1. The molecule has 1 saturated heterocycles. The molecular weight excluding hydrogens is 420 g/mol. The standard InChI is InChI=1S/C25H30N4O4/c1-3-33-24(30)22-19(26-25(31)27-23(22)18-9-5-4-6-10-18)17-28-13-15-29(16-14-28)20-11-7-8-12-21(20)32-2/h4-12,23H,3,13-17H2,1-2H3,(H2,26,27,31)/t23-/m1/s1. The van der Waals surface area contributed by atoms with E-state index in [0.29, 0.717) is 17.8 Å². The highest BCUT2D eigenvalue weighted by Crippen LogP contribution is 2.30. The number of urea groups is 1. The molecule has 4 rings (SSSR count). The SMILES string of the molecule is CCOC(=O)C1=C(CN2CCN(c3ccccc3OC)CC2)NC(=O)N[C@@H]1c1ccccc1. The predicted octanol–water partition coefficient (Wildman–Crippen LogP) is 2.69. The average molecular weight is 451 g/mol. The van der Waals surface area contributed by atoms with Gasteiger partial charge in [-0.05, 0) is 24.6 Å². The van der Waals surface area contributed by atoms with E-state index in [1.165, 1.54) is 0 Å². The Bertz CT molecular complexity index is 1020. The van der Waals surface area contributed by atoms with Gasteiger partial charge >= 0.3 is 12.0 Å². The highest BCUT2D eigenvalue weighted by molar-refractivity contribution is 5.95. The van der Waals surface area contributed by atoms with Crippen LogP contribution in [0.2, 0.25) is 0 Å². The zero-order valence-corrected chi connectivity index (χ0v) is 19.0. The third-order valence-electron chi connectivity index (χ3n) is 5.96. The molecule has 174 valence electrons. The highest BCUT2D eigenvalue weighted by Gasteiger charge is 2.34. The van der Waals surface area contributed by atoms with Crippen LogP contribution in [-0.2, 0) is 9.53 Å². The Labute approximate surface area is 194 Å². The number of piperazine rings is 1. The van der Waals surface area contributed by atoms with Crippen molar-refractivity contribution in [2.24, 2.45) is 0 Å². The maximum absolute atomic E-state index is 12.9. The molecule has 2 amide bonds. The topological polar surface area (TPSA) is 83.1 Å². The van der Waals surface area contributed by atoms with Crippen LogP contribution in [-0.4, -0.2) is 63.3 Å². The summed E-state index contributed by atoms with van der Waals surface area (Å²) in [5.74, 6) is 0.441. The van der Waals surface area contributed by atoms with Crippen molar-refractivity contribution >= 4 is 17.7 Å². The van der Waals surface area contributed by atoms with Gasteiger partial charge in [0.05, 0.1) is 31.0 Å². The van der Waals surface area contributed by atoms with E-state index in [1.54, 1.807) is 14.0 Å². The summed E-state index contributed by atoms with van der Waals surface area (Å²) in [5, 5.41) is 5.75. The number of carbonyl (C=O) groups is 2. The van der Waals surface area contributed by atoms with Gasteiger partial charge in [0, 0.05) is 38.4 Å². The van der Waals surface area contributed by atoms with Gasteiger partial charge in [-0.1, -0.05) is 42.5 Å². The third kappa shape index (κ3) is 5.12. The van der Waals surface area contributed by atoms with Crippen molar-refractivity contribution in [3.05, 3.63) is 71.4 Å². The number of anilines is 1. The summed E-state index contributed by atoms with van der Waals surface area (Å²) >= 11 is 0. The molecular formula is C25H30N4O4. The Balaban J connectivity index is 1.54. The molecule has 8 nitrogen and oxygen atoms in total.